The molecule has 7 heteroatoms. The van der Waals surface area contributed by atoms with Crippen LogP contribution in [-0.4, -0.2) is 95.7 Å². The Hall–Kier alpha value is -2.41. The van der Waals surface area contributed by atoms with Crippen molar-refractivity contribution < 1.29 is 14.4 Å². The van der Waals surface area contributed by atoms with Gasteiger partial charge >= 0.3 is 0 Å². The van der Waals surface area contributed by atoms with Crippen molar-refractivity contribution in [2.45, 2.75) is 52.0 Å². The van der Waals surface area contributed by atoms with Crippen molar-refractivity contribution in [1.82, 2.24) is 19.6 Å². The van der Waals surface area contributed by atoms with E-state index in [4.69, 9.17) is 0 Å². The number of aryl methyl sites for hydroxylation is 1. The van der Waals surface area contributed by atoms with Crippen LogP contribution in [0.3, 0.4) is 0 Å². The summed E-state index contributed by atoms with van der Waals surface area (Å²) in [5, 5.41) is 0. The van der Waals surface area contributed by atoms with Gasteiger partial charge in [0.2, 0.25) is 11.8 Å². The number of piperazine rings is 2. The van der Waals surface area contributed by atoms with E-state index in [0.717, 1.165) is 37.9 Å². The van der Waals surface area contributed by atoms with Gasteiger partial charge in [0.1, 0.15) is 0 Å². The summed E-state index contributed by atoms with van der Waals surface area (Å²) < 4.78 is 0. The number of carbonyl (C=O) groups excluding carboxylic acids is 3. The second kappa shape index (κ2) is 10.7. The molecular weight excluding hydrogens is 416 g/mol. The zero-order chi connectivity index (χ0) is 23.4. The van der Waals surface area contributed by atoms with E-state index in [1.54, 1.807) is 6.92 Å². The van der Waals surface area contributed by atoms with Crippen molar-refractivity contribution in [3.8, 4) is 0 Å². The number of carbonyl (C=O) groups is 3. The topological polar surface area (TPSA) is 64.2 Å². The van der Waals surface area contributed by atoms with Gasteiger partial charge in [0, 0.05) is 64.8 Å². The molecule has 3 amide bonds. The van der Waals surface area contributed by atoms with Gasteiger partial charge in [0.05, 0.1) is 6.04 Å². The first-order valence-electron chi connectivity index (χ1n) is 12.6. The summed E-state index contributed by atoms with van der Waals surface area (Å²) in [6.07, 6.45) is 5.56. The highest BCUT2D eigenvalue weighted by molar-refractivity contribution is 5.94. The molecule has 3 aliphatic rings. The largest absolute Gasteiger partial charge is 0.339 e. The molecule has 1 aliphatic carbocycles. The summed E-state index contributed by atoms with van der Waals surface area (Å²) in [5.74, 6) is 0.785. The van der Waals surface area contributed by atoms with Crippen LogP contribution in [0.25, 0.3) is 0 Å². The van der Waals surface area contributed by atoms with Gasteiger partial charge in [-0.1, -0.05) is 31.9 Å². The molecular formula is C26H38N4O3. The summed E-state index contributed by atoms with van der Waals surface area (Å²) in [4.78, 5) is 46.4. The van der Waals surface area contributed by atoms with Crippen LogP contribution in [0.5, 0.6) is 0 Å². The zero-order valence-electron chi connectivity index (χ0n) is 20.2. The summed E-state index contributed by atoms with van der Waals surface area (Å²) in [7, 11) is 0. The number of nitrogens with zero attached hydrogens (tertiary/aromatic N) is 4. The minimum atomic E-state index is -0.0996. The van der Waals surface area contributed by atoms with Crippen LogP contribution in [0, 0.1) is 5.92 Å². The molecule has 2 heterocycles. The molecule has 0 bridgehead atoms. The molecule has 180 valence electrons. The Morgan fingerprint density at radius 2 is 1.36 bits per heavy atom. The van der Waals surface area contributed by atoms with Crippen LogP contribution in [0.2, 0.25) is 0 Å². The summed E-state index contributed by atoms with van der Waals surface area (Å²) in [6.45, 7) is 8.97. The summed E-state index contributed by atoms with van der Waals surface area (Å²) >= 11 is 0. The molecule has 1 aromatic rings. The zero-order valence-corrected chi connectivity index (χ0v) is 20.2. The maximum Gasteiger partial charge on any atom is 0.253 e. The first-order chi connectivity index (χ1) is 16.0. The predicted molar refractivity (Wildman–Crippen MR) is 128 cm³/mol. The fourth-order valence-corrected chi connectivity index (χ4v) is 5.63. The second-order valence-corrected chi connectivity index (χ2v) is 9.70. The Balaban J connectivity index is 1.39. The van der Waals surface area contributed by atoms with Crippen molar-refractivity contribution >= 4 is 17.7 Å². The third-order valence-corrected chi connectivity index (χ3v) is 7.74. The fourth-order valence-electron chi connectivity index (χ4n) is 5.63. The average Bonchev–Trinajstić information content (AvgIpc) is 3.38. The number of benzene rings is 1. The second-order valence-electron chi connectivity index (χ2n) is 9.70. The molecule has 2 aliphatic heterocycles. The highest BCUT2D eigenvalue weighted by Crippen LogP contribution is 2.32. The average molecular weight is 455 g/mol. The molecule has 7 nitrogen and oxygen atoms in total. The Bertz CT molecular complexity index is 834. The number of hydrogen-bond acceptors (Lipinski definition) is 4. The number of amides is 3. The molecule has 0 unspecified atom stereocenters. The van der Waals surface area contributed by atoms with Gasteiger partial charge in [-0.3, -0.25) is 19.3 Å². The summed E-state index contributed by atoms with van der Waals surface area (Å²) in [6, 6.07) is 7.82. The Kier molecular flexibility index (Phi) is 7.68. The Morgan fingerprint density at radius 1 is 0.818 bits per heavy atom. The lowest BCUT2D eigenvalue weighted by Gasteiger charge is -2.44. The van der Waals surface area contributed by atoms with Crippen LogP contribution in [0.4, 0.5) is 0 Å². The molecule has 0 spiro atoms. The first-order valence-corrected chi connectivity index (χ1v) is 12.6. The van der Waals surface area contributed by atoms with Crippen molar-refractivity contribution in [1.29, 1.82) is 0 Å². The Labute approximate surface area is 197 Å². The Morgan fingerprint density at radius 3 is 1.91 bits per heavy atom. The van der Waals surface area contributed by atoms with Gasteiger partial charge in [0.25, 0.3) is 5.91 Å². The molecule has 1 atom stereocenters. The monoisotopic (exact) mass is 454 g/mol. The van der Waals surface area contributed by atoms with Crippen LogP contribution >= 0.6 is 0 Å². The van der Waals surface area contributed by atoms with Crippen molar-refractivity contribution in [3.63, 3.8) is 0 Å². The highest BCUT2D eigenvalue weighted by Gasteiger charge is 2.40. The van der Waals surface area contributed by atoms with E-state index in [-0.39, 0.29) is 23.8 Å². The smallest absolute Gasteiger partial charge is 0.253 e. The first kappa shape index (κ1) is 23.7. The van der Waals surface area contributed by atoms with E-state index in [9.17, 15) is 14.4 Å². The third-order valence-electron chi connectivity index (χ3n) is 7.74. The molecule has 33 heavy (non-hydrogen) atoms. The molecule has 0 aromatic heterocycles. The lowest BCUT2D eigenvalue weighted by Crippen LogP contribution is -2.60. The molecule has 0 N–H and O–H groups in total. The summed E-state index contributed by atoms with van der Waals surface area (Å²) in [5.41, 5.74) is 1.98. The fraction of sp³-hybridized carbons (Fsp3) is 0.654. The van der Waals surface area contributed by atoms with Crippen LogP contribution in [-0.2, 0) is 16.0 Å². The minimum Gasteiger partial charge on any atom is -0.339 e. The molecule has 3 fully saturated rings. The quantitative estimate of drug-likeness (QED) is 0.685. The molecule has 0 radical (unpaired) electrons. The standard InChI is InChI=1S/C26H38N4O3/c1-3-21-8-10-23(11-9-21)25(32)29-18-14-28(15-19-29)24(22-6-4-5-7-22)26(33)30-16-12-27(13-17-30)20(2)31/h8-11,22,24H,3-7,12-19H2,1-2H3/t24-/m0/s1. The lowest BCUT2D eigenvalue weighted by molar-refractivity contribution is -0.144. The van der Waals surface area contributed by atoms with E-state index in [1.165, 1.54) is 18.4 Å². The van der Waals surface area contributed by atoms with Crippen molar-refractivity contribution in [2.24, 2.45) is 5.92 Å². The number of rotatable bonds is 5. The lowest BCUT2D eigenvalue weighted by atomic mass is 9.94. The molecule has 1 aromatic carbocycles. The highest BCUT2D eigenvalue weighted by atomic mass is 16.2. The molecule has 2 saturated heterocycles. The van der Waals surface area contributed by atoms with Crippen LogP contribution in [0.1, 0.15) is 55.5 Å². The van der Waals surface area contributed by atoms with E-state index in [1.807, 2.05) is 39.0 Å². The normalized spacial score (nSPS) is 21.3. The van der Waals surface area contributed by atoms with E-state index < -0.39 is 0 Å². The van der Waals surface area contributed by atoms with Gasteiger partial charge in [-0.2, -0.15) is 0 Å². The van der Waals surface area contributed by atoms with Crippen LogP contribution in [0.15, 0.2) is 24.3 Å². The van der Waals surface area contributed by atoms with Crippen molar-refractivity contribution in [2.75, 3.05) is 52.4 Å². The number of hydrogen-bond donors (Lipinski definition) is 0. The van der Waals surface area contributed by atoms with Crippen LogP contribution < -0.4 is 0 Å². The van der Waals surface area contributed by atoms with Gasteiger partial charge < -0.3 is 14.7 Å². The van der Waals surface area contributed by atoms with E-state index in [0.29, 0.717) is 45.2 Å². The van der Waals surface area contributed by atoms with E-state index >= 15 is 0 Å². The van der Waals surface area contributed by atoms with Gasteiger partial charge in [-0.05, 0) is 42.9 Å². The maximum atomic E-state index is 13.7. The van der Waals surface area contributed by atoms with Gasteiger partial charge in [0.15, 0.2) is 0 Å². The van der Waals surface area contributed by atoms with Gasteiger partial charge in [-0.15, -0.1) is 0 Å². The predicted octanol–water partition coefficient (Wildman–Crippen LogP) is 2.26. The third kappa shape index (κ3) is 5.40. The minimum absolute atomic E-state index is 0.0829. The molecule has 1 saturated carbocycles. The molecule has 4 rings (SSSR count). The maximum absolute atomic E-state index is 13.7. The SMILES string of the molecule is CCc1ccc(C(=O)N2CCN([C@H](C(=O)N3CCN(C(C)=O)CC3)C3CCCC3)CC2)cc1. The van der Waals surface area contributed by atoms with E-state index in [2.05, 4.69) is 11.8 Å². The van der Waals surface area contributed by atoms with Crippen molar-refractivity contribution in [3.05, 3.63) is 35.4 Å². The van der Waals surface area contributed by atoms with Gasteiger partial charge in [-0.25, -0.2) is 0 Å².